The van der Waals surface area contributed by atoms with E-state index in [-0.39, 0.29) is 5.75 Å². The zero-order chi connectivity index (χ0) is 18.7. The van der Waals surface area contributed by atoms with E-state index in [1.807, 2.05) is 32.0 Å². The lowest BCUT2D eigenvalue weighted by molar-refractivity contribution is -0.117. The Hall–Kier alpha value is -2.94. The first kappa shape index (κ1) is 17.9. The maximum absolute atomic E-state index is 12.1. The summed E-state index contributed by atoms with van der Waals surface area (Å²) < 4.78 is 3.25. The van der Waals surface area contributed by atoms with Crippen molar-refractivity contribution >= 4 is 23.6 Å². The third-order valence-electron chi connectivity index (χ3n) is 3.80. The van der Waals surface area contributed by atoms with E-state index in [1.165, 1.54) is 11.8 Å². The molecule has 3 aromatic rings. The monoisotopic (exact) mass is 370 g/mol. The van der Waals surface area contributed by atoms with Crippen LogP contribution in [0.25, 0.3) is 5.69 Å². The molecule has 0 atom stereocenters. The summed E-state index contributed by atoms with van der Waals surface area (Å²) in [4.78, 5) is 24.1. The highest BCUT2D eigenvalue weighted by atomic mass is 32.2. The number of rotatable bonds is 5. The highest BCUT2D eigenvalue weighted by molar-refractivity contribution is 7.99. The third-order valence-corrected chi connectivity index (χ3v) is 4.71. The quantitative estimate of drug-likeness (QED) is 0.687. The topological polar surface area (TPSA) is 94.7 Å². The van der Waals surface area contributed by atoms with Crippen molar-refractivity contribution in [3.8, 4) is 5.69 Å². The van der Waals surface area contributed by atoms with Gasteiger partial charge >= 0.3 is 0 Å². The Balaban J connectivity index is 1.67. The standard InChI is InChI=1S/C17H18N6O2S/c1-11-6-7-12(2)14(9-11)23-17(19-20-21-23)26-10-15(24)18-16(25)13-5-4-8-22(13)3/h4-9H,10H2,1-3H3,(H,18,24,25). The zero-order valence-corrected chi connectivity index (χ0v) is 15.4. The van der Waals surface area contributed by atoms with Crippen LogP contribution in [0.15, 0.2) is 41.7 Å². The lowest BCUT2D eigenvalue weighted by atomic mass is 10.1. The molecule has 0 spiro atoms. The molecule has 0 unspecified atom stereocenters. The molecule has 8 nitrogen and oxygen atoms in total. The van der Waals surface area contributed by atoms with Crippen molar-refractivity contribution in [2.75, 3.05) is 5.75 Å². The number of carbonyl (C=O) groups excluding carboxylic acids is 2. The van der Waals surface area contributed by atoms with Crippen molar-refractivity contribution in [3.05, 3.63) is 53.3 Å². The number of hydrogen-bond acceptors (Lipinski definition) is 6. The minimum absolute atomic E-state index is 0.0292. The van der Waals surface area contributed by atoms with Gasteiger partial charge in [0, 0.05) is 13.2 Å². The van der Waals surface area contributed by atoms with Crippen molar-refractivity contribution in [2.24, 2.45) is 7.05 Å². The number of tetrazole rings is 1. The summed E-state index contributed by atoms with van der Waals surface area (Å²) in [5, 5.41) is 14.5. The number of hydrogen-bond donors (Lipinski definition) is 1. The van der Waals surface area contributed by atoms with Crippen LogP contribution in [0.3, 0.4) is 0 Å². The van der Waals surface area contributed by atoms with Crippen LogP contribution >= 0.6 is 11.8 Å². The van der Waals surface area contributed by atoms with Crippen molar-refractivity contribution < 1.29 is 9.59 Å². The lowest BCUT2D eigenvalue weighted by Gasteiger charge is -2.08. The summed E-state index contributed by atoms with van der Waals surface area (Å²) in [7, 11) is 1.74. The number of imide groups is 1. The van der Waals surface area contributed by atoms with Crippen molar-refractivity contribution in [1.82, 2.24) is 30.1 Å². The molecule has 134 valence electrons. The average molecular weight is 370 g/mol. The van der Waals surface area contributed by atoms with Crippen molar-refractivity contribution in [1.29, 1.82) is 0 Å². The number of aromatic nitrogens is 5. The van der Waals surface area contributed by atoms with Crippen LogP contribution < -0.4 is 5.32 Å². The molecule has 2 heterocycles. The summed E-state index contributed by atoms with van der Waals surface area (Å²) in [6.07, 6.45) is 1.74. The van der Waals surface area contributed by atoms with E-state index in [0.29, 0.717) is 10.9 Å². The Morgan fingerprint density at radius 1 is 1.23 bits per heavy atom. The van der Waals surface area contributed by atoms with E-state index in [9.17, 15) is 9.59 Å². The van der Waals surface area contributed by atoms with Gasteiger partial charge in [-0.05, 0) is 53.6 Å². The number of benzene rings is 1. The van der Waals surface area contributed by atoms with Crippen LogP contribution in [0.1, 0.15) is 21.6 Å². The summed E-state index contributed by atoms with van der Waals surface area (Å²) in [6, 6.07) is 9.38. The van der Waals surface area contributed by atoms with Crippen molar-refractivity contribution in [2.45, 2.75) is 19.0 Å². The maximum Gasteiger partial charge on any atom is 0.274 e. The molecule has 2 amide bonds. The van der Waals surface area contributed by atoms with Gasteiger partial charge in [0.15, 0.2) is 0 Å². The van der Waals surface area contributed by atoms with Gasteiger partial charge in [0.05, 0.1) is 11.4 Å². The van der Waals surface area contributed by atoms with Crippen LogP contribution in [-0.4, -0.2) is 42.3 Å². The van der Waals surface area contributed by atoms with E-state index < -0.39 is 11.8 Å². The molecule has 0 aliphatic heterocycles. The summed E-state index contributed by atoms with van der Waals surface area (Å²) in [5.41, 5.74) is 3.39. The van der Waals surface area contributed by atoms with Gasteiger partial charge in [-0.2, -0.15) is 4.68 Å². The Labute approximate surface area is 154 Å². The van der Waals surface area contributed by atoms with E-state index in [4.69, 9.17) is 0 Å². The van der Waals surface area contributed by atoms with Crippen LogP contribution in [0.2, 0.25) is 0 Å². The molecule has 3 rings (SSSR count). The number of amides is 2. The van der Waals surface area contributed by atoms with E-state index in [1.54, 1.807) is 34.6 Å². The molecule has 2 aromatic heterocycles. The molecule has 0 saturated carbocycles. The second-order valence-corrected chi connectivity index (χ2v) is 6.78. The molecular formula is C17H18N6O2S. The summed E-state index contributed by atoms with van der Waals surface area (Å²) in [6.45, 7) is 3.96. The van der Waals surface area contributed by atoms with E-state index in [2.05, 4.69) is 20.8 Å². The molecule has 1 N–H and O–H groups in total. The first-order valence-electron chi connectivity index (χ1n) is 7.90. The van der Waals surface area contributed by atoms with Gasteiger partial charge in [0.1, 0.15) is 5.69 Å². The number of carbonyl (C=O) groups is 2. The predicted molar refractivity (Wildman–Crippen MR) is 97.2 cm³/mol. The average Bonchev–Trinajstić information content (AvgIpc) is 3.23. The number of aryl methyl sites for hydroxylation is 3. The fraction of sp³-hybridized carbons (Fsp3) is 0.235. The van der Waals surface area contributed by atoms with Crippen LogP contribution in [0.5, 0.6) is 0 Å². The van der Waals surface area contributed by atoms with Crippen LogP contribution in [0, 0.1) is 13.8 Å². The number of thioether (sulfide) groups is 1. The van der Waals surface area contributed by atoms with Gasteiger partial charge < -0.3 is 4.57 Å². The molecule has 0 aliphatic rings. The Morgan fingerprint density at radius 2 is 2.04 bits per heavy atom. The molecule has 9 heteroatoms. The fourth-order valence-corrected chi connectivity index (χ4v) is 3.11. The fourth-order valence-electron chi connectivity index (χ4n) is 2.42. The highest BCUT2D eigenvalue weighted by Crippen LogP contribution is 2.21. The molecule has 26 heavy (non-hydrogen) atoms. The van der Waals surface area contributed by atoms with Gasteiger partial charge in [-0.25, -0.2) is 0 Å². The molecule has 0 fully saturated rings. The van der Waals surface area contributed by atoms with Gasteiger partial charge in [-0.1, -0.05) is 23.9 Å². The maximum atomic E-state index is 12.1. The SMILES string of the molecule is Cc1ccc(C)c(-n2nnnc2SCC(=O)NC(=O)c2cccn2C)c1. The Morgan fingerprint density at radius 3 is 2.77 bits per heavy atom. The molecule has 0 radical (unpaired) electrons. The largest absolute Gasteiger partial charge is 0.347 e. The van der Waals surface area contributed by atoms with E-state index in [0.717, 1.165) is 16.8 Å². The van der Waals surface area contributed by atoms with Gasteiger partial charge in [-0.3, -0.25) is 14.9 Å². The molecular weight excluding hydrogens is 352 g/mol. The predicted octanol–water partition coefficient (Wildman–Crippen LogP) is 1.67. The molecule has 0 aliphatic carbocycles. The first-order chi connectivity index (χ1) is 12.5. The van der Waals surface area contributed by atoms with Crippen molar-refractivity contribution in [3.63, 3.8) is 0 Å². The molecule has 0 bridgehead atoms. The third kappa shape index (κ3) is 3.83. The normalized spacial score (nSPS) is 10.7. The summed E-state index contributed by atoms with van der Waals surface area (Å²) in [5.74, 6) is -0.810. The minimum atomic E-state index is -0.433. The number of nitrogens with zero attached hydrogens (tertiary/aromatic N) is 5. The second-order valence-electron chi connectivity index (χ2n) is 5.83. The first-order valence-corrected chi connectivity index (χ1v) is 8.88. The summed E-state index contributed by atoms with van der Waals surface area (Å²) >= 11 is 1.17. The zero-order valence-electron chi connectivity index (χ0n) is 14.6. The lowest BCUT2D eigenvalue weighted by Crippen LogP contribution is -2.33. The highest BCUT2D eigenvalue weighted by Gasteiger charge is 2.16. The van der Waals surface area contributed by atoms with Crippen LogP contribution in [-0.2, 0) is 11.8 Å². The number of nitrogens with one attached hydrogen (secondary N) is 1. The smallest absolute Gasteiger partial charge is 0.274 e. The molecule has 1 aromatic carbocycles. The Kier molecular flexibility index (Phi) is 5.17. The molecule has 0 saturated heterocycles. The van der Waals surface area contributed by atoms with Gasteiger partial charge in [0.25, 0.3) is 5.91 Å². The van der Waals surface area contributed by atoms with Crippen LogP contribution in [0.4, 0.5) is 0 Å². The van der Waals surface area contributed by atoms with Gasteiger partial charge in [-0.15, -0.1) is 5.10 Å². The second kappa shape index (κ2) is 7.52. The van der Waals surface area contributed by atoms with Gasteiger partial charge in [0.2, 0.25) is 11.1 Å². The Bertz CT molecular complexity index is 962. The minimum Gasteiger partial charge on any atom is -0.347 e. The van der Waals surface area contributed by atoms with E-state index >= 15 is 0 Å².